The Morgan fingerprint density at radius 3 is 2.64 bits per heavy atom. The number of halogens is 4. The van der Waals surface area contributed by atoms with Crippen molar-refractivity contribution < 1.29 is 30.8 Å². The van der Waals surface area contributed by atoms with Gasteiger partial charge in [-0.2, -0.15) is 13.2 Å². The molecule has 0 radical (unpaired) electrons. The first kappa shape index (κ1) is 27.7. The molecule has 2 heterocycles. The van der Waals surface area contributed by atoms with Gasteiger partial charge in [0.25, 0.3) is 0 Å². The summed E-state index contributed by atoms with van der Waals surface area (Å²) < 4.78 is 81.2. The van der Waals surface area contributed by atoms with E-state index in [1.807, 2.05) is 0 Å². The topological polar surface area (TPSA) is 91.4 Å². The van der Waals surface area contributed by atoms with Gasteiger partial charge in [0.05, 0.1) is 17.4 Å². The zero-order chi connectivity index (χ0) is 26.7. The van der Waals surface area contributed by atoms with E-state index in [1.165, 1.54) is 30.2 Å². The molecule has 0 saturated carbocycles. The van der Waals surface area contributed by atoms with Crippen LogP contribution >= 0.6 is 0 Å². The highest BCUT2D eigenvalue weighted by molar-refractivity contribution is 7.92. The molecule has 0 aliphatic carbocycles. The Morgan fingerprint density at radius 1 is 1.28 bits per heavy atom. The third-order valence-corrected chi connectivity index (χ3v) is 7.66. The zero-order valence-corrected chi connectivity index (χ0v) is 21.1. The van der Waals surface area contributed by atoms with Crippen molar-refractivity contribution in [3.05, 3.63) is 53.5 Å². The fourth-order valence-corrected chi connectivity index (χ4v) is 4.79. The number of aromatic nitrogens is 1. The largest absolute Gasteiger partial charge is 0.408 e. The number of benzene rings is 1. The summed E-state index contributed by atoms with van der Waals surface area (Å²) >= 11 is 0. The Hall–Kier alpha value is -2.89. The predicted molar refractivity (Wildman–Crippen MR) is 130 cm³/mol. The van der Waals surface area contributed by atoms with Crippen molar-refractivity contribution in [3.8, 4) is 0 Å². The lowest BCUT2D eigenvalue weighted by Crippen LogP contribution is -2.51. The van der Waals surface area contributed by atoms with Crippen LogP contribution in [0.15, 0.2) is 36.5 Å². The van der Waals surface area contributed by atoms with Crippen LogP contribution in [0.4, 0.5) is 29.1 Å². The van der Waals surface area contributed by atoms with Gasteiger partial charge in [-0.05, 0) is 56.4 Å². The molecule has 1 aliphatic rings. The minimum atomic E-state index is -4.41. The third kappa shape index (κ3) is 6.65. The maximum Gasteiger partial charge on any atom is 0.408 e. The number of anilines is 2. The summed E-state index contributed by atoms with van der Waals surface area (Å²) in [7, 11) is -3.66. The summed E-state index contributed by atoms with van der Waals surface area (Å²) in [5.41, 5.74) is 0.540. The Morgan fingerprint density at radius 2 is 2.00 bits per heavy atom. The lowest BCUT2D eigenvalue weighted by atomic mass is 9.91. The van der Waals surface area contributed by atoms with Gasteiger partial charge in [0.15, 0.2) is 0 Å². The molecule has 7 nitrogen and oxygen atoms in total. The van der Waals surface area contributed by atoms with Crippen molar-refractivity contribution >= 4 is 27.4 Å². The van der Waals surface area contributed by atoms with Crippen molar-refractivity contribution in [1.29, 1.82) is 0 Å². The number of carbonyl (C=O) groups is 1. The highest BCUT2D eigenvalue weighted by Gasteiger charge is 2.47. The molecule has 1 aromatic carbocycles. The number of alkyl halides is 3. The second-order valence-electron chi connectivity index (χ2n) is 9.05. The van der Waals surface area contributed by atoms with Gasteiger partial charge in [-0.25, -0.2) is 17.8 Å². The van der Waals surface area contributed by atoms with Gasteiger partial charge in [0.1, 0.15) is 17.7 Å². The van der Waals surface area contributed by atoms with Gasteiger partial charge in [-0.15, -0.1) is 0 Å². The van der Waals surface area contributed by atoms with Crippen LogP contribution in [0.25, 0.3) is 0 Å². The minimum absolute atomic E-state index is 0.0289. The molecular formula is C24H30F4N4O3S. The van der Waals surface area contributed by atoms with Crippen molar-refractivity contribution in [1.82, 2.24) is 10.3 Å². The SMILES string of the molecule is CCS(=O)(=O)Nc1ccc(C(C)C(=O)NCc2cccnc2N2CCC(C)CC2C(F)(F)F)cc1F. The van der Waals surface area contributed by atoms with E-state index in [1.54, 1.807) is 26.0 Å². The monoisotopic (exact) mass is 530 g/mol. The van der Waals surface area contributed by atoms with Crippen molar-refractivity contribution in [3.63, 3.8) is 0 Å². The highest BCUT2D eigenvalue weighted by atomic mass is 32.2. The van der Waals surface area contributed by atoms with Gasteiger partial charge in [0, 0.05) is 24.8 Å². The first-order valence-corrected chi connectivity index (χ1v) is 13.3. The Labute approximate surface area is 208 Å². The molecule has 12 heteroatoms. The molecule has 3 rings (SSSR count). The number of carbonyl (C=O) groups excluding carboxylic acids is 1. The van der Waals surface area contributed by atoms with Gasteiger partial charge in [-0.1, -0.05) is 19.1 Å². The summed E-state index contributed by atoms with van der Waals surface area (Å²) in [5.74, 6) is -2.19. The third-order valence-electron chi connectivity index (χ3n) is 6.37. The molecule has 198 valence electrons. The van der Waals surface area contributed by atoms with Crippen LogP contribution in [0.5, 0.6) is 0 Å². The molecule has 2 N–H and O–H groups in total. The average Bonchev–Trinajstić information content (AvgIpc) is 2.83. The van der Waals surface area contributed by atoms with E-state index in [9.17, 15) is 30.8 Å². The Balaban J connectivity index is 1.73. The van der Waals surface area contributed by atoms with Crippen molar-refractivity contribution in [2.45, 2.75) is 58.3 Å². The summed E-state index contributed by atoms with van der Waals surface area (Å²) in [6.07, 6.45) is -2.42. The van der Waals surface area contributed by atoms with E-state index in [0.717, 1.165) is 6.07 Å². The summed E-state index contributed by atoms with van der Waals surface area (Å²) in [6, 6.07) is 5.32. The maximum absolute atomic E-state index is 14.4. The number of hydrogen-bond acceptors (Lipinski definition) is 5. The Kier molecular flexibility index (Phi) is 8.48. The standard InChI is InChI=1S/C24H30F4N4O3S/c1-4-36(34,35)31-20-8-7-17(13-19(20)25)16(3)23(33)30-14-18-6-5-10-29-22(18)32-11-9-15(2)12-21(32)24(26,27)28/h5-8,10,13,15-16,21,31H,4,9,11-12,14H2,1-3H3,(H,30,33). The average molecular weight is 531 g/mol. The van der Waals surface area contributed by atoms with Crippen LogP contribution in [-0.2, 0) is 21.4 Å². The lowest BCUT2D eigenvalue weighted by molar-refractivity contribution is -0.155. The number of hydrogen-bond donors (Lipinski definition) is 2. The van der Waals surface area contributed by atoms with Crippen LogP contribution < -0.4 is 14.9 Å². The summed E-state index contributed by atoms with van der Waals surface area (Å²) in [6.45, 7) is 4.91. The minimum Gasteiger partial charge on any atom is -0.351 e. The van der Waals surface area contributed by atoms with Crippen LogP contribution in [-0.4, -0.2) is 43.8 Å². The highest BCUT2D eigenvalue weighted by Crippen LogP contribution is 2.37. The lowest BCUT2D eigenvalue weighted by Gasteiger charge is -2.40. The van der Waals surface area contributed by atoms with Gasteiger partial charge >= 0.3 is 6.18 Å². The molecule has 1 aliphatic heterocycles. The number of nitrogens with zero attached hydrogens (tertiary/aromatic N) is 2. The number of pyridine rings is 1. The summed E-state index contributed by atoms with van der Waals surface area (Å²) in [5, 5.41) is 2.70. The maximum atomic E-state index is 14.4. The first-order chi connectivity index (χ1) is 16.8. The molecule has 1 amide bonds. The number of amides is 1. The van der Waals surface area contributed by atoms with Crippen LogP contribution in [0.2, 0.25) is 0 Å². The van der Waals surface area contributed by atoms with E-state index in [4.69, 9.17) is 0 Å². The van der Waals surface area contributed by atoms with Gasteiger partial charge < -0.3 is 10.2 Å². The normalized spacial score (nSPS) is 19.6. The summed E-state index contributed by atoms with van der Waals surface area (Å²) in [4.78, 5) is 18.2. The van der Waals surface area contributed by atoms with Crippen molar-refractivity contribution in [2.24, 2.45) is 5.92 Å². The second-order valence-corrected chi connectivity index (χ2v) is 11.1. The van der Waals surface area contributed by atoms with Crippen molar-refractivity contribution in [2.75, 3.05) is 21.9 Å². The molecule has 3 atom stereocenters. The fourth-order valence-electron chi connectivity index (χ4n) is 4.14. The van der Waals surface area contributed by atoms with E-state index in [0.29, 0.717) is 17.5 Å². The second kappa shape index (κ2) is 11.0. The van der Waals surface area contributed by atoms with E-state index < -0.39 is 39.9 Å². The molecule has 3 unspecified atom stereocenters. The number of sulfonamides is 1. The zero-order valence-electron chi connectivity index (χ0n) is 20.3. The molecule has 1 aromatic heterocycles. The van der Waals surface area contributed by atoms with Crippen LogP contribution in [0.3, 0.4) is 0 Å². The van der Waals surface area contributed by atoms with E-state index in [2.05, 4.69) is 15.0 Å². The molecule has 0 spiro atoms. The predicted octanol–water partition coefficient (Wildman–Crippen LogP) is 4.57. The number of rotatable bonds is 8. The number of nitrogens with one attached hydrogen (secondary N) is 2. The van der Waals surface area contributed by atoms with Crippen LogP contribution in [0.1, 0.15) is 50.7 Å². The van der Waals surface area contributed by atoms with E-state index in [-0.39, 0.29) is 42.7 Å². The Bertz CT molecular complexity index is 1190. The smallest absolute Gasteiger partial charge is 0.351 e. The van der Waals surface area contributed by atoms with E-state index >= 15 is 0 Å². The molecule has 1 fully saturated rings. The van der Waals surface area contributed by atoms with Gasteiger partial charge in [-0.3, -0.25) is 9.52 Å². The van der Waals surface area contributed by atoms with Gasteiger partial charge in [0.2, 0.25) is 15.9 Å². The molecule has 2 aromatic rings. The molecule has 0 bridgehead atoms. The van der Waals surface area contributed by atoms with Crippen LogP contribution in [0, 0.1) is 11.7 Å². The number of piperidine rings is 1. The quantitative estimate of drug-likeness (QED) is 0.488. The molecule has 36 heavy (non-hydrogen) atoms. The first-order valence-electron chi connectivity index (χ1n) is 11.7. The molecular weight excluding hydrogens is 500 g/mol. The molecule has 1 saturated heterocycles. The fraction of sp³-hybridized carbons (Fsp3) is 0.500.